The molecule has 0 atom stereocenters. The molecule has 0 aliphatic heterocycles. The van der Waals surface area contributed by atoms with Crippen molar-refractivity contribution in [2.75, 3.05) is 13.2 Å². The molecule has 5 heteroatoms. The van der Waals surface area contributed by atoms with Crippen LogP contribution in [-0.4, -0.2) is 30.1 Å². The summed E-state index contributed by atoms with van der Waals surface area (Å²) in [6.07, 6.45) is 2.44. The molecule has 0 unspecified atom stereocenters. The molecular formula is C13H15NO4. The number of hydrogen-bond donors (Lipinski definition) is 2. The first kappa shape index (κ1) is 13.8. The molecule has 0 spiro atoms. The Bertz CT molecular complexity index is 414. The normalized spacial score (nSPS) is 10.2. The Hall–Kier alpha value is -2.30. The highest BCUT2D eigenvalue weighted by atomic mass is 16.5. The van der Waals surface area contributed by atoms with Gasteiger partial charge < -0.3 is 15.2 Å². The van der Waals surface area contributed by atoms with Crippen molar-refractivity contribution in [2.24, 2.45) is 0 Å². The Kier molecular flexibility index (Phi) is 6.03. The number of carboxylic acids is 1. The van der Waals surface area contributed by atoms with E-state index in [1.54, 1.807) is 0 Å². The largest absolute Gasteiger partial charge is 0.494 e. The van der Waals surface area contributed by atoms with Gasteiger partial charge >= 0.3 is 5.97 Å². The topological polar surface area (TPSA) is 75.6 Å². The fourth-order valence-electron chi connectivity index (χ4n) is 1.20. The summed E-state index contributed by atoms with van der Waals surface area (Å²) in [7, 11) is 0. The summed E-state index contributed by atoms with van der Waals surface area (Å²) in [6, 6.07) is 9.38. The second kappa shape index (κ2) is 7.89. The zero-order valence-corrected chi connectivity index (χ0v) is 9.83. The molecule has 18 heavy (non-hydrogen) atoms. The van der Waals surface area contributed by atoms with Crippen LogP contribution in [0.5, 0.6) is 5.75 Å². The summed E-state index contributed by atoms with van der Waals surface area (Å²) >= 11 is 0. The minimum atomic E-state index is -1.14. The van der Waals surface area contributed by atoms with E-state index < -0.39 is 11.9 Å². The van der Waals surface area contributed by atoms with Crippen LogP contribution in [0.1, 0.15) is 6.42 Å². The van der Waals surface area contributed by atoms with Crippen molar-refractivity contribution in [1.82, 2.24) is 5.32 Å². The number of ether oxygens (including phenoxy) is 1. The molecule has 1 aromatic rings. The van der Waals surface area contributed by atoms with E-state index in [4.69, 9.17) is 9.84 Å². The molecule has 0 aliphatic rings. The molecule has 1 rings (SSSR count). The summed E-state index contributed by atoms with van der Waals surface area (Å²) in [4.78, 5) is 21.2. The fraction of sp³-hybridized carbons (Fsp3) is 0.231. The van der Waals surface area contributed by atoms with Crippen molar-refractivity contribution < 1.29 is 19.4 Å². The van der Waals surface area contributed by atoms with Crippen molar-refractivity contribution in [3.8, 4) is 5.75 Å². The predicted octanol–water partition coefficient (Wildman–Crippen LogP) is 1.21. The fourth-order valence-corrected chi connectivity index (χ4v) is 1.20. The summed E-state index contributed by atoms with van der Waals surface area (Å²) in [5, 5.41) is 10.9. The highest BCUT2D eigenvalue weighted by molar-refractivity contribution is 5.93. The van der Waals surface area contributed by atoms with E-state index in [9.17, 15) is 9.59 Å². The number of rotatable bonds is 7. The number of aliphatic carboxylic acids is 1. The SMILES string of the molecule is O=C(O)C=CC(=O)NCCCOc1ccccc1. The third-order valence-corrected chi connectivity index (χ3v) is 2.01. The Balaban J connectivity index is 2.09. The molecule has 0 saturated heterocycles. The van der Waals surface area contributed by atoms with E-state index >= 15 is 0 Å². The number of hydrogen-bond acceptors (Lipinski definition) is 3. The van der Waals surface area contributed by atoms with Crippen LogP contribution in [0.3, 0.4) is 0 Å². The van der Waals surface area contributed by atoms with Crippen LogP contribution in [0, 0.1) is 0 Å². The van der Waals surface area contributed by atoms with Gasteiger partial charge in [-0.1, -0.05) is 18.2 Å². The van der Waals surface area contributed by atoms with Gasteiger partial charge in [-0.25, -0.2) is 4.79 Å². The molecule has 0 heterocycles. The Morgan fingerprint density at radius 2 is 1.94 bits per heavy atom. The van der Waals surface area contributed by atoms with E-state index in [1.807, 2.05) is 30.3 Å². The third-order valence-electron chi connectivity index (χ3n) is 2.01. The van der Waals surface area contributed by atoms with Gasteiger partial charge in [0.05, 0.1) is 6.61 Å². The Morgan fingerprint density at radius 1 is 1.22 bits per heavy atom. The first-order chi connectivity index (χ1) is 8.68. The van der Waals surface area contributed by atoms with Crippen LogP contribution in [-0.2, 0) is 9.59 Å². The average molecular weight is 249 g/mol. The number of benzene rings is 1. The van der Waals surface area contributed by atoms with Crippen molar-refractivity contribution in [3.63, 3.8) is 0 Å². The molecule has 2 N–H and O–H groups in total. The smallest absolute Gasteiger partial charge is 0.328 e. The maximum Gasteiger partial charge on any atom is 0.328 e. The highest BCUT2D eigenvalue weighted by Gasteiger charge is 1.96. The van der Waals surface area contributed by atoms with Gasteiger partial charge in [0, 0.05) is 18.7 Å². The number of carbonyl (C=O) groups is 2. The first-order valence-electron chi connectivity index (χ1n) is 5.55. The van der Waals surface area contributed by atoms with E-state index in [0.29, 0.717) is 19.6 Å². The molecule has 1 aromatic carbocycles. The zero-order chi connectivity index (χ0) is 13.2. The molecule has 0 radical (unpaired) electrons. The lowest BCUT2D eigenvalue weighted by Crippen LogP contribution is -2.23. The van der Waals surface area contributed by atoms with Crippen molar-refractivity contribution in [2.45, 2.75) is 6.42 Å². The predicted molar refractivity (Wildman–Crippen MR) is 66.3 cm³/mol. The summed E-state index contributed by atoms with van der Waals surface area (Å²) in [5.74, 6) is -0.774. The average Bonchev–Trinajstić information content (AvgIpc) is 2.37. The number of carboxylic acid groups (broad SMARTS) is 1. The van der Waals surface area contributed by atoms with Gasteiger partial charge in [-0.15, -0.1) is 0 Å². The second-order valence-corrected chi connectivity index (χ2v) is 3.48. The zero-order valence-electron chi connectivity index (χ0n) is 9.83. The molecule has 0 saturated carbocycles. The van der Waals surface area contributed by atoms with Gasteiger partial charge in [-0.05, 0) is 18.6 Å². The van der Waals surface area contributed by atoms with Crippen molar-refractivity contribution in [3.05, 3.63) is 42.5 Å². The lowest BCUT2D eigenvalue weighted by molar-refractivity contribution is -0.131. The van der Waals surface area contributed by atoms with Crippen LogP contribution < -0.4 is 10.1 Å². The van der Waals surface area contributed by atoms with Gasteiger partial charge in [0.1, 0.15) is 5.75 Å². The van der Waals surface area contributed by atoms with Crippen LogP contribution in [0.25, 0.3) is 0 Å². The minimum Gasteiger partial charge on any atom is -0.494 e. The van der Waals surface area contributed by atoms with E-state index in [2.05, 4.69) is 5.32 Å². The van der Waals surface area contributed by atoms with E-state index in [-0.39, 0.29) is 0 Å². The number of amides is 1. The third kappa shape index (κ3) is 6.32. The monoisotopic (exact) mass is 249 g/mol. The quantitative estimate of drug-likeness (QED) is 0.562. The van der Waals surface area contributed by atoms with Crippen molar-refractivity contribution >= 4 is 11.9 Å². The number of para-hydroxylation sites is 1. The molecule has 0 bridgehead atoms. The lowest BCUT2D eigenvalue weighted by atomic mass is 10.3. The van der Waals surface area contributed by atoms with Crippen LogP contribution in [0.4, 0.5) is 0 Å². The molecule has 96 valence electrons. The van der Waals surface area contributed by atoms with Gasteiger partial charge in [-0.3, -0.25) is 4.79 Å². The Morgan fingerprint density at radius 3 is 2.61 bits per heavy atom. The highest BCUT2D eigenvalue weighted by Crippen LogP contribution is 2.07. The molecule has 0 aromatic heterocycles. The minimum absolute atomic E-state index is 0.419. The number of carbonyl (C=O) groups excluding carboxylic acids is 1. The van der Waals surface area contributed by atoms with Gasteiger partial charge in [0.2, 0.25) is 5.91 Å². The van der Waals surface area contributed by atoms with Gasteiger partial charge in [0.25, 0.3) is 0 Å². The van der Waals surface area contributed by atoms with Crippen molar-refractivity contribution in [1.29, 1.82) is 0 Å². The second-order valence-electron chi connectivity index (χ2n) is 3.48. The molecule has 0 aliphatic carbocycles. The lowest BCUT2D eigenvalue weighted by Gasteiger charge is -2.05. The first-order valence-corrected chi connectivity index (χ1v) is 5.55. The van der Waals surface area contributed by atoms with Gasteiger partial charge in [-0.2, -0.15) is 0 Å². The molecular weight excluding hydrogens is 234 g/mol. The summed E-state index contributed by atoms with van der Waals surface area (Å²) in [6.45, 7) is 0.933. The standard InChI is InChI=1S/C13H15NO4/c15-12(7-8-13(16)17)14-9-4-10-18-11-5-2-1-3-6-11/h1-3,5-8H,4,9-10H2,(H,14,15)(H,16,17). The summed E-state index contributed by atoms with van der Waals surface area (Å²) < 4.78 is 5.42. The molecule has 1 amide bonds. The number of nitrogens with one attached hydrogen (secondary N) is 1. The summed E-state index contributed by atoms with van der Waals surface area (Å²) in [5.41, 5.74) is 0. The van der Waals surface area contributed by atoms with Crippen LogP contribution >= 0.6 is 0 Å². The maximum absolute atomic E-state index is 11.1. The molecule has 5 nitrogen and oxygen atoms in total. The van der Waals surface area contributed by atoms with Crippen LogP contribution in [0.2, 0.25) is 0 Å². The van der Waals surface area contributed by atoms with E-state index in [1.165, 1.54) is 0 Å². The van der Waals surface area contributed by atoms with E-state index in [0.717, 1.165) is 17.9 Å². The maximum atomic E-state index is 11.1. The Labute approximate surface area is 105 Å². The van der Waals surface area contributed by atoms with Gasteiger partial charge in [0.15, 0.2) is 0 Å². The van der Waals surface area contributed by atoms with Crippen LogP contribution in [0.15, 0.2) is 42.5 Å². The molecule has 0 fully saturated rings.